The maximum Gasteiger partial charge on any atom is 0.241 e. The Morgan fingerprint density at radius 3 is 2.53 bits per heavy atom. The van der Waals surface area contributed by atoms with Crippen molar-refractivity contribution < 1.29 is 8.42 Å². The lowest BCUT2D eigenvalue weighted by Gasteiger charge is -2.20. The zero-order chi connectivity index (χ0) is 14.0. The molecule has 1 unspecified atom stereocenters. The molecule has 5 heteroatoms. The van der Waals surface area contributed by atoms with Gasteiger partial charge in [0.2, 0.25) is 10.0 Å². The zero-order valence-electron chi connectivity index (χ0n) is 11.3. The van der Waals surface area contributed by atoms with Gasteiger partial charge in [0.1, 0.15) is 0 Å². The minimum Gasteiger partial charge on any atom is -0.208 e. The highest BCUT2D eigenvalue weighted by Gasteiger charge is 2.27. The minimum absolute atomic E-state index is 0.000651. The van der Waals surface area contributed by atoms with Crippen LogP contribution in [0.1, 0.15) is 38.2 Å². The van der Waals surface area contributed by atoms with Gasteiger partial charge >= 0.3 is 0 Å². The first kappa shape index (κ1) is 15.0. The zero-order valence-corrected chi connectivity index (χ0v) is 13.7. The highest BCUT2D eigenvalue weighted by Crippen LogP contribution is 2.29. The number of aryl methyl sites for hydroxylation is 1. The molecule has 0 amide bonds. The van der Waals surface area contributed by atoms with Crippen molar-refractivity contribution in [3.63, 3.8) is 0 Å². The Hall–Kier alpha value is -0.390. The van der Waals surface area contributed by atoms with Gasteiger partial charge in [0.25, 0.3) is 0 Å². The van der Waals surface area contributed by atoms with Crippen LogP contribution in [0.4, 0.5) is 0 Å². The number of hydrogen-bond acceptors (Lipinski definition) is 2. The number of halogens is 1. The van der Waals surface area contributed by atoms with Gasteiger partial charge in [0.05, 0.1) is 4.90 Å². The summed E-state index contributed by atoms with van der Waals surface area (Å²) < 4.78 is 28.2. The summed E-state index contributed by atoms with van der Waals surface area (Å²) in [6.07, 6.45) is 4.67. The molecule has 0 spiro atoms. The summed E-state index contributed by atoms with van der Waals surface area (Å²) in [5.74, 6) is 0.471. The lowest BCUT2D eigenvalue weighted by molar-refractivity contribution is 0.424. The van der Waals surface area contributed by atoms with E-state index in [1.165, 1.54) is 12.8 Å². The third-order valence-electron chi connectivity index (χ3n) is 3.82. The van der Waals surface area contributed by atoms with Crippen LogP contribution in [0.15, 0.2) is 27.6 Å². The minimum atomic E-state index is -3.44. The first-order valence-corrected chi connectivity index (χ1v) is 8.96. The monoisotopic (exact) mass is 345 g/mol. The number of nitrogens with one attached hydrogen (secondary N) is 1. The fourth-order valence-corrected chi connectivity index (χ4v) is 5.19. The number of rotatable bonds is 4. The van der Waals surface area contributed by atoms with E-state index in [2.05, 4.69) is 20.7 Å². The van der Waals surface area contributed by atoms with Crippen molar-refractivity contribution >= 4 is 26.0 Å². The maximum atomic E-state index is 12.4. The van der Waals surface area contributed by atoms with Crippen LogP contribution in [0.2, 0.25) is 0 Å². The Labute approximate surface area is 124 Å². The summed E-state index contributed by atoms with van der Waals surface area (Å²) in [7, 11) is -3.44. The van der Waals surface area contributed by atoms with E-state index < -0.39 is 10.0 Å². The standard InChI is InChI=1S/C14H20BrNO2S/c1-10-7-8-14(13(15)9-10)19(17,18)16-11(2)12-5-3-4-6-12/h7-9,11-12,16H,3-6H2,1-2H3. The fraction of sp³-hybridized carbons (Fsp3) is 0.571. The molecular formula is C14H20BrNO2S. The summed E-state index contributed by atoms with van der Waals surface area (Å²) in [5, 5.41) is 0. The second-order valence-corrected chi connectivity index (χ2v) is 7.93. The van der Waals surface area contributed by atoms with Gasteiger partial charge in [-0.25, -0.2) is 13.1 Å². The van der Waals surface area contributed by atoms with Crippen LogP contribution in [0.5, 0.6) is 0 Å². The lowest BCUT2D eigenvalue weighted by Crippen LogP contribution is -2.37. The molecule has 0 saturated heterocycles. The topological polar surface area (TPSA) is 46.2 Å². The van der Waals surface area contributed by atoms with E-state index in [1.54, 1.807) is 6.07 Å². The Kier molecular flexibility index (Phi) is 4.69. The largest absolute Gasteiger partial charge is 0.241 e. The van der Waals surface area contributed by atoms with Crippen LogP contribution < -0.4 is 4.72 Å². The van der Waals surface area contributed by atoms with Crippen LogP contribution in [0.25, 0.3) is 0 Å². The van der Waals surface area contributed by atoms with Crippen molar-refractivity contribution in [2.24, 2.45) is 5.92 Å². The molecule has 0 radical (unpaired) electrons. The quantitative estimate of drug-likeness (QED) is 0.905. The van der Waals surface area contributed by atoms with Gasteiger partial charge in [-0.3, -0.25) is 0 Å². The van der Waals surface area contributed by atoms with E-state index in [0.717, 1.165) is 18.4 Å². The van der Waals surface area contributed by atoms with E-state index in [1.807, 2.05) is 26.0 Å². The van der Waals surface area contributed by atoms with E-state index in [-0.39, 0.29) is 6.04 Å². The predicted molar refractivity (Wildman–Crippen MR) is 80.6 cm³/mol. The van der Waals surface area contributed by atoms with Crippen LogP contribution in [-0.2, 0) is 10.0 Å². The average molecular weight is 346 g/mol. The molecule has 0 bridgehead atoms. The van der Waals surface area contributed by atoms with Gasteiger partial charge in [-0.1, -0.05) is 18.9 Å². The first-order chi connectivity index (χ1) is 8.90. The summed E-state index contributed by atoms with van der Waals surface area (Å²) >= 11 is 3.34. The van der Waals surface area contributed by atoms with Crippen LogP contribution in [-0.4, -0.2) is 14.5 Å². The third-order valence-corrected chi connectivity index (χ3v) is 6.36. The van der Waals surface area contributed by atoms with Gasteiger partial charge in [-0.05, 0) is 66.2 Å². The number of hydrogen-bond donors (Lipinski definition) is 1. The molecule has 1 atom stereocenters. The summed E-state index contributed by atoms with van der Waals surface area (Å²) in [6.45, 7) is 3.91. The first-order valence-electron chi connectivity index (χ1n) is 6.68. The molecule has 1 aromatic rings. The molecule has 0 aromatic heterocycles. The Balaban J connectivity index is 2.17. The normalized spacial score (nSPS) is 18.7. The van der Waals surface area contributed by atoms with E-state index in [4.69, 9.17) is 0 Å². The molecular weight excluding hydrogens is 326 g/mol. The SMILES string of the molecule is Cc1ccc(S(=O)(=O)NC(C)C2CCCC2)c(Br)c1. The van der Waals surface area contributed by atoms with E-state index in [9.17, 15) is 8.42 Å². The van der Waals surface area contributed by atoms with Crippen molar-refractivity contribution in [3.05, 3.63) is 28.2 Å². The highest BCUT2D eigenvalue weighted by molar-refractivity contribution is 9.10. The second kappa shape index (κ2) is 5.94. The molecule has 2 rings (SSSR count). The van der Waals surface area contributed by atoms with Gasteiger partial charge in [-0.15, -0.1) is 0 Å². The molecule has 1 N–H and O–H groups in total. The maximum absolute atomic E-state index is 12.4. The average Bonchev–Trinajstić information content (AvgIpc) is 2.80. The predicted octanol–water partition coefficient (Wildman–Crippen LogP) is 3.61. The number of benzene rings is 1. The van der Waals surface area contributed by atoms with Gasteiger partial charge in [0, 0.05) is 10.5 Å². The number of sulfonamides is 1. The molecule has 3 nitrogen and oxygen atoms in total. The molecule has 19 heavy (non-hydrogen) atoms. The highest BCUT2D eigenvalue weighted by atomic mass is 79.9. The van der Waals surface area contributed by atoms with Gasteiger partial charge in [0.15, 0.2) is 0 Å². The van der Waals surface area contributed by atoms with Crippen molar-refractivity contribution in [2.45, 2.75) is 50.5 Å². The van der Waals surface area contributed by atoms with E-state index in [0.29, 0.717) is 15.3 Å². The molecule has 1 fully saturated rings. The van der Waals surface area contributed by atoms with Gasteiger partial charge < -0.3 is 0 Å². The van der Waals surface area contributed by atoms with Crippen molar-refractivity contribution in [1.29, 1.82) is 0 Å². The third kappa shape index (κ3) is 3.58. The smallest absolute Gasteiger partial charge is 0.208 e. The summed E-state index contributed by atoms with van der Waals surface area (Å²) in [5.41, 5.74) is 1.04. The summed E-state index contributed by atoms with van der Waals surface area (Å²) in [4.78, 5) is 0.322. The fourth-order valence-electron chi connectivity index (χ4n) is 2.69. The molecule has 0 heterocycles. The van der Waals surface area contributed by atoms with Gasteiger partial charge in [-0.2, -0.15) is 0 Å². The van der Waals surface area contributed by atoms with Crippen molar-refractivity contribution in [1.82, 2.24) is 4.72 Å². The lowest BCUT2D eigenvalue weighted by atomic mass is 10.0. The molecule has 1 aliphatic carbocycles. The Bertz CT molecular complexity index is 551. The molecule has 106 valence electrons. The molecule has 1 saturated carbocycles. The molecule has 1 aromatic carbocycles. The van der Waals surface area contributed by atoms with Crippen molar-refractivity contribution in [3.8, 4) is 0 Å². The Morgan fingerprint density at radius 1 is 1.32 bits per heavy atom. The molecule has 0 aliphatic heterocycles. The molecule has 1 aliphatic rings. The van der Waals surface area contributed by atoms with Crippen molar-refractivity contribution in [2.75, 3.05) is 0 Å². The van der Waals surface area contributed by atoms with E-state index >= 15 is 0 Å². The van der Waals surface area contributed by atoms with Crippen LogP contribution in [0, 0.1) is 12.8 Å². The van der Waals surface area contributed by atoms with Crippen LogP contribution in [0.3, 0.4) is 0 Å². The van der Waals surface area contributed by atoms with Crippen LogP contribution >= 0.6 is 15.9 Å². The second-order valence-electron chi connectivity index (χ2n) is 5.39. The Morgan fingerprint density at radius 2 is 1.95 bits per heavy atom. The summed E-state index contributed by atoms with van der Waals surface area (Å²) in [6, 6.07) is 5.30.